The van der Waals surface area contributed by atoms with Crippen LogP contribution < -0.4 is 5.19 Å². The normalized spacial score (nSPS) is 11.4. The summed E-state index contributed by atoms with van der Waals surface area (Å²) in [6, 6.07) is 13.0. The average Bonchev–Trinajstić information content (AvgIpc) is 2.32. The Morgan fingerprint density at radius 1 is 1.13 bits per heavy atom. The molecule has 0 aliphatic rings. The number of benzene rings is 1. The molecule has 0 aliphatic carbocycles. The summed E-state index contributed by atoms with van der Waals surface area (Å²) < 4.78 is 0. The van der Waals surface area contributed by atoms with Crippen LogP contribution >= 0.6 is 0 Å². The Morgan fingerprint density at radius 3 is 2.20 bits per heavy atom. The lowest BCUT2D eigenvalue weighted by Gasteiger charge is -2.28. The van der Waals surface area contributed by atoms with Gasteiger partial charge < -0.3 is 0 Å². The highest BCUT2D eigenvalue weighted by Gasteiger charge is 2.28. The molecule has 0 saturated carbocycles. The fraction of sp³-hybridized carbons (Fsp3) is 0.429. The molecule has 0 fully saturated rings. The molecule has 0 saturated heterocycles. The molecular weight excluding hydrogens is 196 g/mol. The fourth-order valence-electron chi connectivity index (χ4n) is 2.36. The van der Waals surface area contributed by atoms with Crippen LogP contribution in [0.3, 0.4) is 0 Å². The van der Waals surface area contributed by atoms with Gasteiger partial charge in [-0.05, 0) is 5.56 Å². The highest BCUT2D eigenvalue weighted by atomic mass is 28.3. The van der Waals surface area contributed by atoms with Gasteiger partial charge in [-0.15, -0.1) is 0 Å². The summed E-state index contributed by atoms with van der Waals surface area (Å²) in [6.45, 7) is 10.9. The molecule has 1 heteroatoms. The first-order valence-corrected chi connectivity index (χ1v) is 8.57. The zero-order chi connectivity index (χ0) is 11.3. The van der Waals surface area contributed by atoms with Gasteiger partial charge in [-0.2, -0.15) is 0 Å². The van der Waals surface area contributed by atoms with Crippen LogP contribution in [0.5, 0.6) is 0 Å². The molecular formula is C14H22Si. The van der Waals surface area contributed by atoms with Crippen LogP contribution in [-0.2, 0) is 0 Å². The second-order valence-electron chi connectivity index (χ2n) is 4.17. The quantitative estimate of drug-likeness (QED) is 0.654. The number of hydrogen-bond donors (Lipinski definition) is 0. The van der Waals surface area contributed by atoms with Crippen molar-refractivity contribution in [2.24, 2.45) is 0 Å². The van der Waals surface area contributed by atoms with E-state index in [2.05, 4.69) is 51.6 Å². The van der Waals surface area contributed by atoms with E-state index in [0.717, 1.165) is 0 Å². The highest BCUT2D eigenvalue weighted by molar-refractivity contribution is 6.91. The van der Waals surface area contributed by atoms with Crippen molar-refractivity contribution in [1.29, 1.82) is 0 Å². The maximum atomic E-state index is 3.85. The number of rotatable bonds is 5. The molecule has 0 bridgehead atoms. The second-order valence-corrected chi connectivity index (χ2v) is 9.43. The van der Waals surface area contributed by atoms with Crippen molar-refractivity contribution in [3.8, 4) is 0 Å². The molecule has 0 atom stereocenters. The monoisotopic (exact) mass is 218 g/mol. The van der Waals surface area contributed by atoms with Gasteiger partial charge in [-0.1, -0.05) is 81.0 Å². The minimum atomic E-state index is -1.19. The third-order valence-corrected chi connectivity index (χ3v) is 9.36. The Labute approximate surface area is 95.0 Å². The molecule has 82 valence electrons. The summed E-state index contributed by atoms with van der Waals surface area (Å²) in [6.07, 6.45) is 1.95. The lowest BCUT2D eigenvalue weighted by atomic mass is 10.2. The summed E-state index contributed by atoms with van der Waals surface area (Å²) >= 11 is 0. The Kier molecular flexibility index (Phi) is 4.34. The highest BCUT2D eigenvalue weighted by Crippen LogP contribution is 2.20. The maximum absolute atomic E-state index is 3.85. The van der Waals surface area contributed by atoms with E-state index in [1.165, 1.54) is 23.7 Å². The van der Waals surface area contributed by atoms with Crippen LogP contribution in [-0.4, -0.2) is 8.07 Å². The van der Waals surface area contributed by atoms with E-state index >= 15 is 0 Å². The molecule has 0 nitrogen and oxygen atoms in total. The first-order valence-electron chi connectivity index (χ1n) is 5.95. The summed E-state index contributed by atoms with van der Waals surface area (Å²) in [5.41, 5.74) is 1.26. The lowest BCUT2D eigenvalue weighted by Crippen LogP contribution is -2.45. The minimum Gasteiger partial charge on any atom is -0.0985 e. The maximum Gasteiger partial charge on any atom is 0.0859 e. The average molecular weight is 218 g/mol. The van der Waals surface area contributed by atoms with E-state index in [1.807, 2.05) is 6.08 Å². The first-order chi connectivity index (χ1) is 7.22. The molecule has 0 heterocycles. The van der Waals surface area contributed by atoms with Crippen molar-refractivity contribution in [3.05, 3.63) is 36.4 Å². The Bertz CT molecular complexity index is 316. The molecule has 0 radical (unpaired) electrons. The van der Waals surface area contributed by atoms with Gasteiger partial charge in [0.2, 0.25) is 0 Å². The third kappa shape index (κ3) is 2.40. The Balaban J connectivity index is 3.16. The van der Waals surface area contributed by atoms with Crippen molar-refractivity contribution < 1.29 is 0 Å². The van der Waals surface area contributed by atoms with Crippen LogP contribution in [0.1, 0.15) is 26.3 Å². The van der Waals surface area contributed by atoms with Crippen LogP contribution in [0.4, 0.5) is 0 Å². The third-order valence-electron chi connectivity index (χ3n) is 3.77. The standard InChI is InChI=1S/C14H22Si/c1-5-13-10-9-11-14(12-13)15(6-2,7-3)8-4/h5,9-12H,1,6-8H2,2-4H3. The fourth-order valence-corrected chi connectivity index (χ4v) is 6.01. The van der Waals surface area contributed by atoms with Gasteiger partial charge in [0, 0.05) is 0 Å². The molecule has 0 amide bonds. The Hall–Kier alpha value is -0.823. The molecule has 1 rings (SSSR count). The van der Waals surface area contributed by atoms with Crippen LogP contribution in [0.25, 0.3) is 6.08 Å². The molecule has 1 aromatic rings. The molecule has 0 aliphatic heterocycles. The Morgan fingerprint density at radius 2 is 1.73 bits per heavy atom. The topological polar surface area (TPSA) is 0 Å². The molecule has 0 spiro atoms. The van der Waals surface area contributed by atoms with Crippen LogP contribution in [0, 0.1) is 0 Å². The predicted octanol–water partition coefficient (Wildman–Crippen LogP) is 4.05. The van der Waals surface area contributed by atoms with Gasteiger partial charge in [0.1, 0.15) is 0 Å². The summed E-state index contributed by atoms with van der Waals surface area (Å²) in [5.74, 6) is 0. The summed E-state index contributed by atoms with van der Waals surface area (Å²) in [7, 11) is -1.19. The van der Waals surface area contributed by atoms with Gasteiger partial charge >= 0.3 is 0 Å². The van der Waals surface area contributed by atoms with Crippen molar-refractivity contribution in [3.63, 3.8) is 0 Å². The van der Waals surface area contributed by atoms with Crippen LogP contribution in [0.15, 0.2) is 30.8 Å². The van der Waals surface area contributed by atoms with Crippen molar-refractivity contribution >= 4 is 19.3 Å². The van der Waals surface area contributed by atoms with Gasteiger partial charge in [0.05, 0.1) is 8.07 Å². The van der Waals surface area contributed by atoms with E-state index in [1.54, 1.807) is 5.19 Å². The second kappa shape index (κ2) is 5.31. The van der Waals surface area contributed by atoms with Gasteiger partial charge in [-0.25, -0.2) is 0 Å². The minimum absolute atomic E-state index is 1.19. The molecule has 0 unspecified atom stereocenters. The number of hydrogen-bond acceptors (Lipinski definition) is 0. The largest absolute Gasteiger partial charge is 0.0985 e. The van der Waals surface area contributed by atoms with Gasteiger partial charge in [-0.3, -0.25) is 0 Å². The molecule has 0 aromatic heterocycles. The van der Waals surface area contributed by atoms with E-state index in [0.29, 0.717) is 0 Å². The van der Waals surface area contributed by atoms with Crippen LogP contribution in [0.2, 0.25) is 18.1 Å². The first kappa shape index (κ1) is 12.2. The predicted molar refractivity (Wildman–Crippen MR) is 73.4 cm³/mol. The smallest absolute Gasteiger partial charge is 0.0859 e. The van der Waals surface area contributed by atoms with Gasteiger partial charge in [0.15, 0.2) is 0 Å². The molecule has 0 N–H and O–H groups in total. The van der Waals surface area contributed by atoms with Crippen molar-refractivity contribution in [2.75, 3.05) is 0 Å². The van der Waals surface area contributed by atoms with E-state index in [4.69, 9.17) is 0 Å². The van der Waals surface area contributed by atoms with E-state index in [-0.39, 0.29) is 0 Å². The lowest BCUT2D eigenvalue weighted by molar-refractivity contribution is 1.19. The van der Waals surface area contributed by atoms with Crippen molar-refractivity contribution in [1.82, 2.24) is 0 Å². The van der Waals surface area contributed by atoms with E-state index < -0.39 is 8.07 Å². The zero-order valence-corrected chi connectivity index (χ0v) is 11.2. The summed E-state index contributed by atoms with van der Waals surface area (Å²) in [4.78, 5) is 0. The van der Waals surface area contributed by atoms with Crippen molar-refractivity contribution in [2.45, 2.75) is 38.9 Å². The SMILES string of the molecule is C=Cc1cccc([Si](CC)(CC)CC)c1. The van der Waals surface area contributed by atoms with Gasteiger partial charge in [0.25, 0.3) is 0 Å². The zero-order valence-electron chi connectivity index (χ0n) is 10.2. The molecule has 15 heavy (non-hydrogen) atoms. The molecule has 1 aromatic carbocycles. The van der Waals surface area contributed by atoms with E-state index in [9.17, 15) is 0 Å². The summed E-state index contributed by atoms with van der Waals surface area (Å²) in [5, 5.41) is 1.60.